The molecule has 0 unspecified atom stereocenters. The number of amides is 4. The number of carbonyl (C=O) groups excluding carboxylic acids is 3. The van der Waals surface area contributed by atoms with Crippen LogP contribution in [0, 0.1) is 6.92 Å². The Bertz CT molecular complexity index is 1550. The largest absolute Gasteiger partial charge is 0.372 e. The Balaban J connectivity index is 1.64. The van der Waals surface area contributed by atoms with Crippen molar-refractivity contribution in [3.8, 4) is 0 Å². The number of imide groups is 2. The van der Waals surface area contributed by atoms with Crippen molar-refractivity contribution in [2.75, 3.05) is 27.8 Å². The number of benzene rings is 4. The van der Waals surface area contributed by atoms with E-state index in [4.69, 9.17) is 0 Å². The fourth-order valence-electron chi connectivity index (χ4n) is 4.80. The maximum absolute atomic E-state index is 13.9. The Labute approximate surface area is 222 Å². The van der Waals surface area contributed by atoms with Gasteiger partial charge in [-0.15, -0.1) is 0 Å². The van der Waals surface area contributed by atoms with Gasteiger partial charge in [0.1, 0.15) is 5.57 Å². The van der Waals surface area contributed by atoms with Crippen LogP contribution in [0.4, 0.5) is 21.9 Å². The fourth-order valence-corrected chi connectivity index (χ4v) is 4.80. The summed E-state index contributed by atoms with van der Waals surface area (Å²) >= 11 is 0. The number of hydrogen-bond donors (Lipinski definition) is 0. The third kappa shape index (κ3) is 4.45. The van der Waals surface area contributed by atoms with Gasteiger partial charge in [-0.3, -0.25) is 9.59 Å². The van der Waals surface area contributed by atoms with Crippen molar-refractivity contribution in [3.63, 3.8) is 0 Å². The molecule has 6 nitrogen and oxygen atoms in total. The average molecular weight is 504 g/mol. The minimum atomic E-state index is -0.700. The van der Waals surface area contributed by atoms with Crippen molar-refractivity contribution in [3.05, 3.63) is 108 Å². The van der Waals surface area contributed by atoms with Crippen molar-refractivity contribution in [1.29, 1.82) is 0 Å². The number of aryl methyl sites for hydroxylation is 1. The Kier molecular flexibility index (Phi) is 6.79. The zero-order valence-electron chi connectivity index (χ0n) is 21.7. The van der Waals surface area contributed by atoms with Gasteiger partial charge >= 0.3 is 6.03 Å². The number of barbiturate groups is 1. The molecule has 38 heavy (non-hydrogen) atoms. The number of hydrogen-bond acceptors (Lipinski definition) is 4. The molecule has 0 saturated carbocycles. The predicted molar refractivity (Wildman–Crippen MR) is 153 cm³/mol. The number of rotatable bonds is 6. The van der Waals surface area contributed by atoms with Crippen molar-refractivity contribution in [2.24, 2.45) is 0 Å². The highest BCUT2D eigenvalue weighted by molar-refractivity contribution is 6.46. The second-order valence-electron chi connectivity index (χ2n) is 9.22. The molecule has 1 saturated heterocycles. The maximum atomic E-state index is 13.9. The van der Waals surface area contributed by atoms with Crippen LogP contribution < -0.4 is 14.7 Å². The minimum absolute atomic E-state index is 0.0753. The van der Waals surface area contributed by atoms with Crippen LogP contribution in [-0.2, 0) is 9.59 Å². The number of urea groups is 1. The third-order valence-corrected chi connectivity index (χ3v) is 6.88. The quantitative estimate of drug-likeness (QED) is 0.220. The van der Waals surface area contributed by atoms with Gasteiger partial charge in [-0.25, -0.2) is 14.6 Å². The van der Waals surface area contributed by atoms with Gasteiger partial charge in [0, 0.05) is 24.2 Å². The molecule has 1 aliphatic heterocycles. The zero-order valence-corrected chi connectivity index (χ0v) is 21.7. The maximum Gasteiger partial charge on any atom is 0.343 e. The summed E-state index contributed by atoms with van der Waals surface area (Å²) in [6.45, 7) is 7.88. The summed E-state index contributed by atoms with van der Waals surface area (Å²) < 4.78 is 0. The van der Waals surface area contributed by atoms with Crippen molar-refractivity contribution in [1.82, 2.24) is 0 Å². The number of fused-ring (bicyclic) bond motifs is 1. The molecule has 1 heterocycles. The van der Waals surface area contributed by atoms with Crippen LogP contribution in [0.2, 0.25) is 0 Å². The van der Waals surface area contributed by atoms with Gasteiger partial charge in [0.05, 0.1) is 11.4 Å². The van der Waals surface area contributed by atoms with E-state index < -0.39 is 17.8 Å². The van der Waals surface area contributed by atoms with E-state index >= 15 is 0 Å². The van der Waals surface area contributed by atoms with E-state index in [2.05, 4.69) is 18.7 Å². The molecular weight excluding hydrogens is 474 g/mol. The van der Waals surface area contributed by atoms with Gasteiger partial charge in [-0.1, -0.05) is 66.2 Å². The summed E-state index contributed by atoms with van der Waals surface area (Å²) in [6, 6.07) is 27.2. The molecular formula is C32H29N3O3. The predicted octanol–water partition coefficient (Wildman–Crippen LogP) is 6.58. The van der Waals surface area contributed by atoms with Crippen LogP contribution in [-0.4, -0.2) is 30.9 Å². The Morgan fingerprint density at radius 1 is 0.711 bits per heavy atom. The average Bonchev–Trinajstić information content (AvgIpc) is 2.94. The first-order chi connectivity index (χ1) is 18.4. The Morgan fingerprint density at radius 2 is 1.34 bits per heavy atom. The van der Waals surface area contributed by atoms with Crippen molar-refractivity contribution >= 4 is 51.8 Å². The number of nitrogens with zero attached hydrogens (tertiary/aromatic N) is 3. The van der Waals surface area contributed by atoms with Gasteiger partial charge in [0.15, 0.2) is 0 Å². The first kappa shape index (κ1) is 25.0. The standard InChI is InChI=1S/C32H29N3O3/c1-4-33(5-2)25-19-15-23(16-20-25)21-28-30(36)34(26-17-13-22(3)14-18-26)32(38)35(31(28)37)29-12-8-10-24-9-6-7-11-27(24)29/h6-21H,4-5H2,1-3H3/b28-21+. The van der Waals surface area contributed by atoms with Crippen molar-refractivity contribution < 1.29 is 14.4 Å². The number of anilines is 3. The van der Waals surface area contributed by atoms with E-state index in [1.54, 1.807) is 30.3 Å². The molecule has 4 aromatic rings. The van der Waals surface area contributed by atoms with Crippen LogP contribution in [0.1, 0.15) is 25.0 Å². The highest BCUT2D eigenvalue weighted by Gasteiger charge is 2.44. The van der Waals surface area contributed by atoms with E-state index in [9.17, 15) is 14.4 Å². The molecule has 0 atom stereocenters. The molecule has 0 aromatic heterocycles. The molecule has 4 aromatic carbocycles. The third-order valence-electron chi connectivity index (χ3n) is 6.88. The molecule has 0 N–H and O–H groups in total. The van der Waals surface area contributed by atoms with Crippen LogP contribution in [0.3, 0.4) is 0 Å². The molecule has 4 amide bonds. The molecule has 1 aliphatic rings. The highest BCUT2D eigenvalue weighted by atomic mass is 16.2. The lowest BCUT2D eigenvalue weighted by molar-refractivity contribution is -0.121. The van der Waals surface area contributed by atoms with Gasteiger partial charge in [0.2, 0.25) is 0 Å². The lowest BCUT2D eigenvalue weighted by Gasteiger charge is -2.34. The van der Waals surface area contributed by atoms with E-state index in [0.29, 0.717) is 16.9 Å². The lowest BCUT2D eigenvalue weighted by atomic mass is 10.0. The molecule has 0 bridgehead atoms. The van der Waals surface area contributed by atoms with E-state index in [-0.39, 0.29) is 5.57 Å². The smallest absolute Gasteiger partial charge is 0.343 e. The normalized spacial score (nSPS) is 15.0. The van der Waals surface area contributed by atoms with Crippen LogP contribution in [0.25, 0.3) is 16.8 Å². The summed E-state index contributed by atoms with van der Waals surface area (Å²) in [5.41, 5.74) is 3.53. The van der Waals surface area contributed by atoms with E-state index in [1.807, 2.05) is 73.7 Å². The second-order valence-corrected chi connectivity index (χ2v) is 9.22. The summed E-state index contributed by atoms with van der Waals surface area (Å²) in [6.07, 6.45) is 1.57. The first-order valence-electron chi connectivity index (χ1n) is 12.8. The first-order valence-corrected chi connectivity index (χ1v) is 12.8. The van der Waals surface area contributed by atoms with Crippen LogP contribution in [0.15, 0.2) is 96.6 Å². The number of carbonyl (C=O) groups is 3. The molecule has 0 radical (unpaired) electrons. The minimum Gasteiger partial charge on any atom is -0.372 e. The van der Waals surface area contributed by atoms with Gasteiger partial charge in [-0.05, 0) is 68.1 Å². The highest BCUT2D eigenvalue weighted by Crippen LogP contribution is 2.34. The summed E-state index contributed by atoms with van der Waals surface area (Å²) in [7, 11) is 0. The fraction of sp³-hybridized carbons (Fsp3) is 0.156. The van der Waals surface area contributed by atoms with Crippen LogP contribution >= 0.6 is 0 Å². The molecule has 1 fully saturated rings. The Hall–Kier alpha value is -4.71. The van der Waals surface area contributed by atoms with Crippen molar-refractivity contribution in [2.45, 2.75) is 20.8 Å². The zero-order chi connectivity index (χ0) is 26.8. The molecule has 5 rings (SSSR count). The summed E-state index contributed by atoms with van der Waals surface area (Å²) in [4.78, 5) is 45.8. The SMILES string of the molecule is CCN(CC)c1ccc(/C=C2\C(=O)N(c3ccc(C)cc3)C(=O)N(c3cccc4ccccc34)C2=O)cc1. The van der Waals surface area contributed by atoms with Crippen LogP contribution in [0.5, 0.6) is 0 Å². The van der Waals surface area contributed by atoms with E-state index in [1.165, 1.54) is 0 Å². The van der Waals surface area contributed by atoms with Gasteiger partial charge in [0.25, 0.3) is 11.8 Å². The monoisotopic (exact) mass is 503 g/mol. The van der Waals surface area contributed by atoms with Gasteiger partial charge in [-0.2, -0.15) is 0 Å². The molecule has 0 aliphatic carbocycles. The van der Waals surface area contributed by atoms with E-state index in [0.717, 1.165) is 44.9 Å². The topological polar surface area (TPSA) is 60.9 Å². The second kappa shape index (κ2) is 10.3. The van der Waals surface area contributed by atoms with Gasteiger partial charge < -0.3 is 4.90 Å². The lowest BCUT2D eigenvalue weighted by Crippen LogP contribution is -2.57. The molecule has 0 spiro atoms. The molecule has 190 valence electrons. The Morgan fingerprint density at radius 3 is 2.03 bits per heavy atom. The summed E-state index contributed by atoms with van der Waals surface area (Å²) in [5, 5.41) is 1.64. The molecule has 6 heteroatoms. The summed E-state index contributed by atoms with van der Waals surface area (Å²) in [5.74, 6) is -1.29.